The summed E-state index contributed by atoms with van der Waals surface area (Å²) in [7, 11) is 1.82. The summed E-state index contributed by atoms with van der Waals surface area (Å²) in [6.45, 7) is 8.70. The molecular weight excluding hydrogens is 330 g/mol. The Hall–Kier alpha value is -1.95. The Morgan fingerprint density at radius 1 is 1.35 bits per heavy atom. The number of likely N-dealkylation sites (N-methyl/N-ethyl adjacent to an activating group) is 1. The van der Waals surface area contributed by atoms with E-state index in [2.05, 4.69) is 10.3 Å². The molecule has 3 atom stereocenters. The zero-order valence-corrected chi connectivity index (χ0v) is 16.4. The van der Waals surface area contributed by atoms with E-state index >= 15 is 0 Å². The Labute approximate surface area is 156 Å². The highest BCUT2D eigenvalue weighted by Crippen LogP contribution is 2.48. The number of carboxylic acid groups (broad SMARTS) is 1. The van der Waals surface area contributed by atoms with E-state index in [1.807, 2.05) is 51.8 Å². The zero-order valence-electron chi connectivity index (χ0n) is 16.4. The molecule has 6 nitrogen and oxygen atoms in total. The number of likely N-dealkylation sites (tertiary alicyclic amines) is 1. The average Bonchev–Trinajstić information content (AvgIpc) is 2.87. The van der Waals surface area contributed by atoms with Crippen LogP contribution in [-0.2, 0) is 9.59 Å². The van der Waals surface area contributed by atoms with Crippen LogP contribution in [0.4, 0.5) is 0 Å². The predicted octanol–water partition coefficient (Wildman–Crippen LogP) is 2.72. The first-order valence-electron chi connectivity index (χ1n) is 9.33. The average molecular weight is 361 g/mol. The summed E-state index contributed by atoms with van der Waals surface area (Å²) in [4.78, 5) is 31.3. The highest BCUT2D eigenvalue weighted by molar-refractivity contribution is 5.85. The molecule has 0 aromatic carbocycles. The second-order valence-corrected chi connectivity index (χ2v) is 8.23. The van der Waals surface area contributed by atoms with Crippen LogP contribution >= 0.6 is 0 Å². The molecule has 0 bridgehead atoms. The number of pyridine rings is 1. The zero-order chi connectivity index (χ0) is 19.5. The van der Waals surface area contributed by atoms with Crippen molar-refractivity contribution in [2.75, 3.05) is 13.6 Å². The largest absolute Gasteiger partial charge is 0.480 e. The van der Waals surface area contributed by atoms with Crippen LogP contribution in [0.1, 0.15) is 52.1 Å². The lowest BCUT2D eigenvalue weighted by atomic mass is 9.83. The van der Waals surface area contributed by atoms with E-state index in [1.54, 1.807) is 12.4 Å². The van der Waals surface area contributed by atoms with Gasteiger partial charge >= 0.3 is 5.97 Å². The van der Waals surface area contributed by atoms with Gasteiger partial charge in [-0.3, -0.25) is 19.5 Å². The van der Waals surface area contributed by atoms with E-state index in [0.717, 1.165) is 5.56 Å². The van der Waals surface area contributed by atoms with E-state index < -0.39 is 17.4 Å². The second kappa shape index (κ2) is 8.16. The van der Waals surface area contributed by atoms with Crippen molar-refractivity contribution < 1.29 is 14.7 Å². The summed E-state index contributed by atoms with van der Waals surface area (Å²) in [5.41, 5.74) is -0.166. The number of carbonyl (C=O) groups is 2. The van der Waals surface area contributed by atoms with Crippen molar-refractivity contribution >= 4 is 11.9 Å². The minimum Gasteiger partial charge on any atom is -0.480 e. The van der Waals surface area contributed by atoms with Gasteiger partial charge in [-0.15, -0.1) is 0 Å². The third-order valence-corrected chi connectivity index (χ3v) is 5.22. The molecule has 1 aromatic heterocycles. The van der Waals surface area contributed by atoms with Gasteiger partial charge in [0.25, 0.3) is 0 Å². The van der Waals surface area contributed by atoms with E-state index in [4.69, 9.17) is 0 Å². The molecule has 1 saturated heterocycles. The van der Waals surface area contributed by atoms with Crippen molar-refractivity contribution in [2.45, 2.75) is 52.1 Å². The van der Waals surface area contributed by atoms with Crippen molar-refractivity contribution in [1.29, 1.82) is 0 Å². The Bertz CT molecular complexity index is 632. The van der Waals surface area contributed by atoms with Gasteiger partial charge in [-0.05, 0) is 43.4 Å². The SMILES string of the molecule is CC(C)CNC(=O)[C@@H]1C[C@](CC(C)C)(C(=O)O)N(C)[C@@H]1c1cccnc1. The molecule has 0 radical (unpaired) electrons. The molecule has 2 heterocycles. The number of amides is 1. The molecule has 0 saturated carbocycles. The van der Waals surface area contributed by atoms with Gasteiger partial charge in [-0.2, -0.15) is 0 Å². The summed E-state index contributed by atoms with van der Waals surface area (Å²) in [5.74, 6) is -0.804. The molecule has 1 fully saturated rings. The molecule has 2 N–H and O–H groups in total. The lowest BCUT2D eigenvalue weighted by Gasteiger charge is -2.36. The Morgan fingerprint density at radius 2 is 2.04 bits per heavy atom. The van der Waals surface area contributed by atoms with Crippen LogP contribution in [0.15, 0.2) is 24.5 Å². The summed E-state index contributed by atoms with van der Waals surface area (Å²) in [6, 6.07) is 3.45. The minimum absolute atomic E-state index is 0.0775. The summed E-state index contributed by atoms with van der Waals surface area (Å²) >= 11 is 0. The molecule has 1 aliphatic rings. The van der Waals surface area contributed by atoms with Crippen molar-refractivity contribution in [3.63, 3.8) is 0 Å². The fourth-order valence-corrected chi connectivity index (χ4v) is 4.06. The molecule has 6 heteroatoms. The van der Waals surface area contributed by atoms with Crippen LogP contribution < -0.4 is 5.32 Å². The van der Waals surface area contributed by atoms with Crippen molar-refractivity contribution in [3.8, 4) is 0 Å². The highest BCUT2D eigenvalue weighted by atomic mass is 16.4. The molecule has 2 rings (SSSR count). The fourth-order valence-electron chi connectivity index (χ4n) is 4.06. The molecule has 1 aliphatic heterocycles. The van der Waals surface area contributed by atoms with E-state index in [-0.39, 0.29) is 17.9 Å². The van der Waals surface area contributed by atoms with Gasteiger partial charge in [0, 0.05) is 25.0 Å². The standard InChI is InChI=1S/C20H31N3O3/c1-13(2)9-20(19(25)26)10-16(18(24)22-11-14(3)4)17(23(20)5)15-7-6-8-21-12-15/h6-8,12-14,16-17H,9-11H2,1-5H3,(H,22,24)(H,25,26)/t16-,17-,20-/m1/s1. The Balaban J connectivity index is 2.42. The first kappa shape index (κ1) is 20.4. The van der Waals surface area contributed by atoms with Crippen molar-refractivity contribution in [2.24, 2.45) is 17.8 Å². The highest BCUT2D eigenvalue weighted by Gasteiger charge is 2.57. The third kappa shape index (κ3) is 4.06. The first-order valence-corrected chi connectivity index (χ1v) is 9.33. The number of nitrogens with one attached hydrogen (secondary N) is 1. The molecule has 144 valence electrons. The summed E-state index contributed by atoms with van der Waals surface area (Å²) in [5, 5.41) is 13.1. The Kier molecular flexibility index (Phi) is 6.39. The number of hydrogen-bond acceptors (Lipinski definition) is 4. The Morgan fingerprint density at radius 3 is 2.54 bits per heavy atom. The normalized spacial score (nSPS) is 26.4. The van der Waals surface area contributed by atoms with Gasteiger partial charge in [-0.25, -0.2) is 0 Å². The van der Waals surface area contributed by atoms with Crippen LogP contribution in [-0.4, -0.2) is 46.0 Å². The van der Waals surface area contributed by atoms with E-state index in [0.29, 0.717) is 25.3 Å². The monoisotopic (exact) mass is 361 g/mol. The molecule has 1 amide bonds. The quantitative estimate of drug-likeness (QED) is 0.780. The van der Waals surface area contributed by atoms with E-state index in [9.17, 15) is 14.7 Å². The van der Waals surface area contributed by atoms with Crippen LogP contribution in [0.2, 0.25) is 0 Å². The maximum Gasteiger partial charge on any atom is 0.324 e. The third-order valence-electron chi connectivity index (χ3n) is 5.22. The number of aromatic nitrogens is 1. The van der Waals surface area contributed by atoms with Gasteiger partial charge in [0.15, 0.2) is 0 Å². The molecule has 0 spiro atoms. The van der Waals surface area contributed by atoms with Crippen LogP contribution in [0, 0.1) is 17.8 Å². The van der Waals surface area contributed by atoms with Crippen LogP contribution in [0.5, 0.6) is 0 Å². The van der Waals surface area contributed by atoms with Gasteiger partial charge in [0.05, 0.1) is 5.92 Å². The number of carbonyl (C=O) groups excluding carboxylic acids is 1. The summed E-state index contributed by atoms with van der Waals surface area (Å²) < 4.78 is 0. The van der Waals surface area contributed by atoms with Crippen LogP contribution in [0.3, 0.4) is 0 Å². The molecule has 26 heavy (non-hydrogen) atoms. The topological polar surface area (TPSA) is 82.5 Å². The second-order valence-electron chi connectivity index (χ2n) is 8.23. The number of nitrogens with zero attached hydrogens (tertiary/aromatic N) is 2. The maximum atomic E-state index is 12.9. The summed E-state index contributed by atoms with van der Waals surface area (Å²) in [6.07, 6.45) is 4.23. The number of rotatable bonds is 7. The van der Waals surface area contributed by atoms with Gasteiger partial charge < -0.3 is 10.4 Å². The molecule has 0 aliphatic carbocycles. The lowest BCUT2D eigenvalue weighted by Crippen LogP contribution is -2.50. The van der Waals surface area contributed by atoms with Gasteiger partial charge in [-0.1, -0.05) is 33.8 Å². The fraction of sp³-hybridized carbons (Fsp3) is 0.650. The van der Waals surface area contributed by atoms with E-state index in [1.165, 1.54) is 0 Å². The molecule has 0 unspecified atom stereocenters. The molecule has 1 aromatic rings. The lowest BCUT2D eigenvalue weighted by molar-refractivity contribution is -0.151. The number of hydrogen-bond donors (Lipinski definition) is 2. The smallest absolute Gasteiger partial charge is 0.324 e. The maximum absolute atomic E-state index is 12.9. The van der Waals surface area contributed by atoms with Crippen LogP contribution in [0.25, 0.3) is 0 Å². The minimum atomic E-state index is -1.05. The first-order chi connectivity index (χ1) is 12.2. The molecular formula is C20H31N3O3. The van der Waals surface area contributed by atoms with Crippen molar-refractivity contribution in [3.05, 3.63) is 30.1 Å². The number of carboxylic acids is 1. The van der Waals surface area contributed by atoms with Gasteiger partial charge in [0.2, 0.25) is 5.91 Å². The van der Waals surface area contributed by atoms with Crippen molar-refractivity contribution in [1.82, 2.24) is 15.2 Å². The van der Waals surface area contributed by atoms with Gasteiger partial charge in [0.1, 0.15) is 5.54 Å². The number of aliphatic carboxylic acids is 1. The predicted molar refractivity (Wildman–Crippen MR) is 101 cm³/mol.